The van der Waals surface area contributed by atoms with Gasteiger partial charge in [0, 0.05) is 7.05 Å². The summed E-state index contributed by atoms with van der Waals surface area (Å²) in [4.78, 5) is 11.1. The van der Waals surface area contributed by atoms with Gasteiger partial charge in [-0.25, -0.2) is 4.39 Å². The van der Waals surface area contributed by atoms with Crippen LogP contribution in [-0.2, 0) is 4.79 Å². The Kier molecular flexibility index (Phi) is 3.89. The number of likely N-dealkylation sites (N-methyl/N-ethyl adjacent to an activating group) is 1. The van der Waals surface area contributed by atoms with Crippen LogP contribution in [0.4, 0.5) is 4.39 Å². The summed E-state index contributed by atoms with van der Waals surface area (Å²) >= 11 is 8.80. The molecule has 1 unspecified atom stereocenters. The lowest BCUT2D eigenvalue weighted by Crippen LogP contribution is -2.22. The Bertz CT molecular complexity index is 359. The highest BCUT2D eigenvalue weighted by Gasteiger charge is 2.16. The summed E-state index contributed by atoms with van der Waals surface area (Å²) in [7, 11) is 1.48. The van der Waals surface area contributed by atoms with Crippen molar-refractivity contribution in [3.63, 3.8) is 0 Å². The van der Waals surface area contributed by atoms with Crippen LogP contribution in [0.25, 0.3) is 0 Å². The molecule has 1 atom stereocenters. The van der Waals surface area contributed by atoms with Gasteiger partial charge in [0.25, 0.3) is 0 Å². The van der Waals surface area contributed by atoms with Crippen molar-refractivity contribution in [1.29, 1.82) is 0 Å². The molecule has 1 N–H and O–H groups in total. The Morgan fingerprint density at radius 2 is 2.29 bits per heavy atom. The molecule has 76 valence electrons. The van der Waals surface area contributed by atoms with E-state index in [1.54, 1.807) is 6.07 Å². The first-order valence-electron chi connectivity index (χ1n) is 3.87. The van der Waals surface area contributed by atoms with E-state index in [2.05, 4.69) is 21.2 Å². The van der Waals surface area contributed by atoms with Crippen LogP contribution in [0.15, 0.2) is 22.7 Å². The van der Waals surface area contributed by atoms with Gasteiger partial charge in [-0.1, -0.05) is 6.07 Å². The van der Waals surface area contributed by atoms with Crippen LogP contribution in [-0.4, -0.2) is 13.0 Å². The Morgan fingerprint density at radius 3 is 2.79 bits per heavy atom. The predicted octanol–water partition coefficient (Wildman–Crippen LogP) is 2.61. The minimum Gasteiger partial charge on any atom is -0.358 e. The van der Waals surface area contributed by atoms with E-state index in [1.165, 1.54) is 19.2 Å². The number of nitrogens with one attached hydrogen (secondary N) is 1. The topological polar surface area (TPSA) is 29.1 Å². The Balaban J connectivity index is 2.96. The number of alkyl halides is 1. The molecule has 1 amide bonds. The van der Waals surface area contributed by atoms with Crippen molar-refractivity contribution in [3.8, 4) is 0 Å². The first-order chi connectivity index (χ1) is 6.56. The number of rotatable bonds is 2. The van der Waals surface area contributed by atoms with Crippen LogP contribution in [0.3, 0.4) is 0 Å². The number of hydrogen-bond acceptors (Lipinski definition) is 1. The van der Waals surface area contributed by atoms with Gasteiger partial charge in [-0.05, 0) is 33.6 Å². The average Bonchev–Trinajstić information content (AvgIpc) is 2.20. The summed E-state index contributed by atoms with van der Waals surface area (Å²) in [6.07, 6.45) is 0. The monoisotopic (exact) mass is 279 g/mol. The zero-order valence-corrected chi connectivity index (χ0v) is 9.69. The smallest absolute Gasteiger partial charge is 0.242 e. The Hall–Kier alpha value is -0.610. The number of hydrogen-bond donors (Lipinski definition) is 1. The third-order valence-corrected chi connectivity index (χ3v) is 2.81. The van der Waals surface area contributed by atoms with E-state index >= 15 is 0 Å². The number of benzene rings is 1. The SMILES string of the molecule is CNC(=O)C(Cl)c1ccc(Br)c(F)c1. The van der Waals surface area contributed by atoms with Crippen molar-refractivity contribution in [1.82, 2.24) is 5.32 Å². The highest BCUT2D eigenvalue weighted by Crippen LogP contribution is 2.24. The minimum absolute atomic E-state index is 0.349. The fraction of sp³-hybridized carbons (Fsp3) is 0.222. The molecule has 0 saturated heterocycles. The van der Waals surface area contributed by atoms with Gasteiger partial charge in [-0.15, -0.1) is 11.6 Å². The van der Waals surface area contributed by atoms with Crippen molar-refractivity contribution in [2.75, 3.05) is 7.05 Å². The molecule has 1 aromatic carbocycles. The Labute approximate surface area is 94.6 Å². The lowest BCUT2D eigenvalue weighted by Gasteiger charge is -2.08. The maximum atomic E-state index is 13.1. The summed E-state index contributed by atoms with van der Waals surface area (Å²) in [5, 5.41) is 1.53. The molecule has 0 saturated carbocycles. The largest absolute Gasteiger partial charge is 0.358 e. The first kappa shape index (κ1) is 11.5. The highest BCUT2D eigenvalue weighted by atomic mass is 79.9. The quantitative estimate of drug-likeness (QED) is 0.829. The molecule has 1 aromatic rings. The van der Waals surface area contributed by atoms with E-state index in [1.807, 2.05) is 0 Å². The molecule has 0 heterocycles. The second-order valence-electron chi connectivity index (χ2n) is 2.65. The van der Waals surface area contributed by atoms with Crippen molar-refractivity contribution >= 4 is 33.4 Å². The fourth-order valence-electron chi connectivity index (χ4n) is 0.948. The van der Waals surface area contributed by atoms with Gasteiger partial charge < -0.3 is 5.32 Å². The lowest BCUT2D eigenvalue weighted by atomic mass is 10.1. The van der Waals surface area contributed by atoms with Crippen LogP contribution in [0.1, 0.15) is 10.9 Å². The second kappa shape index (κ2) is 4.75. The molecule has 0 fully saturated rings. The Morgan fingerprint density at radius 1 is 1.64 bits per heavy atom. The summed E-state index contributed by atoms with van der Waals surface area (Å²) in [6, 6.07) is 4.35. The molecule has 2 nitrogen and oxygen atoms in total. The highest BCUT2D eigenvalue weighted by molar-refractivity contribution is 9.10. The first-order valence-corrected chi connectivity index (χ1v) is 5.10. The summed E-state index contributed by atoms with van der Waals surface area (Å²) in [5.41, 5.74) is 0.437. The average molecular weight is 281 g/mol. The van der Waals surface area contributed by atoms with Crippen LogP contribution < -0.4 is 5.32 Å². The molecule has 0 bridgehead atoms. The van der Waals surface area contributed by atoms with Gasteiger partial charge in [0.05, 0.1) is 4.47 Å². The molecule has 0 spiro atoms. The minimum atomic E-state index is -0.859. The van der Waals surface area contributed by atoms with Gasteiger partial charge in [-0.3, -0.25) is 4.79 Å². The summed E-state index contributed by atoms with van der Waals surface area (Å²) in [5.74, 6) is -0.787. The third kappa shape index (κ3) is 2.45. The number of carbonyl (C=O) groups is 1. The van der Waals surface area contributed by atoms with Gasteiger partial charge in [-0.2, -0.15) is 0 Å². The van der Waals surface area contributed by atoms with Gasteiger partial charge in [0.15, 0.2) is 0 Å². The van der Waals surface area contributed by atoms with Crippen LogP contribution in [0.5, 0.6) is 0 Å². The van der Waals surface area contributed by atoms with E-state index in [9.17, 15) is 9.18 Å². The zero-order valence-electron chi connectivity index (χ0n) is 7.35. The molecule has 14 heavy (non-hydrogen) atoms. The molecule has 0 aliphatic carbocycles. The van der Waals surface area contributed by atoms with E-state index < -0.39 is 11.2 Å². The van der Waals surface area contributed by atoms with Crippen LogP contribution in [0.2, 0.25) is 0 Å². The van der Waals surface area contributed by atoms with Gasteiger partial charge in [0.2, 0.25) is 5.91 Å². The van der Waals surface area contributed by atoms with Gasteiger partial charge >= 0.3 is 0 Å². The predicted molar refractivity (Wildman–Crippen MR) is 56.8 cm³/mol. The van der Waals surface area contributed by atoms with Crippen molar-refractivity contribution in [2.45, 2.75) is 5.38 Å². The fourth-order valence-corrected chi connectivity index (χ4v) is 1.44. The molecule has 5 heteroatoms. The molecule has 0 radical (unpaired) electrons. The van der Waals surface area contributed by atoms with Gasteiger partial charge in [0.1, 0.15) is 11.2 Å². The lowest BCUT2D eigenvalue weighted by molar-refractivity contribution is -0.120. The second-order valence-corrected chi connectivity index (χ2v) is 3.94. The molecule has 0 aliphatic rings. The molecule has 1 rings (SSSR count). The molecule has 0 aliphatic heterocycles. The van der Waals surface area contributed by atoms with E-state index in [0.29, 0.717) is 10.0 Å². The molecular formula is C9H8BrClFNO. The van der Waals surface area contributed by atoms with Crippen molar-refractivity contribution in [2.24, 2.45) is 0 Å². The summed E-state index contributed by atoms with van der Waals surface area (Å²) < 4.78 is 13.4. The van der Waals surface area contributed by atoms with E-state index in [0.717, 1.165) is 0 Å². The number of halogens is 3. The summed E-state index contributed by atoms with van der Waals surface area (Å²) in [6.45, 7) is 0. The normalized spacial score (nSPS) is 12.3. The van der Waals surface area contributed by atoms with E-state index in [-0.39, 0.29) is 5.91 Å². The maximum absolute atomic E-state index is 13.1. The number of amides is 1. The van der Waals surface area contributed by atoms with Crippen molar-refractivity contribution < 1.29 is 9.18 Å². The molecule has 0 aromatic heterocycles. The maximum Gasteiger partial charge on any atom is 0.242 e. The van der Waals surface area contributed by atoms with E-state index in [4.69, 9.17) is 11.6 Å². The van der Waals surface area contributed by atoms with Crippen molar-refractivity contribution in [3.05, 3.63) is 34.1 Å². The third-order valence-electron chi connectivity index (χ3n) is 1.71. The number of carbonyl (C=O) groups excluding carboxylic acids is 1. The van der Waals surface area contributed by atoms with Crippen LogP contribution >= 0.6 is 27.5 Å². The standard InChI is InChI=1S/C9H8BrClFNO/c1-13-9(14)8(11)5-2-3-6(10)7(12)4-5/h2-4,8H,1H3,(H,13,14). The zero-order chi connectivity index (χ0) is 10.7. The van der Waals surface area contributed by atoms with Crippen LogP contribution in [0, 0.1) is 5.82 Å². The molecular weight excluding hydrogens is 272 g/mol.